The second kappa shape index (κ2) is 2.96. The Morgan fingerprint density at radius 1 is 1.46 bits per heavy atom. The summed E-state index contributed by atoms with van der Waals surface area (Å²) in [6, 6.07) is 0. The zero-order valence-corrected chi connectivity index (χ0v) is 8.79. The van der Waals surface area contributed by atoms with Crippen molar-refractivity contribution >= 4 is 0 Å². The number of hydrogen-bond donors (Lipinski definition) is 1. The van der Waals surface area contributed by atoms with E-state index in [1.54, 1.807) is 0 Å². The third kappa shape index (κ3) is 1.50. The summed E-state index contributed by atoms with van der Waals surface area (Å²) in [5.74, 6) is 1.76. The number of aliphatic hydroxyl groups excluding tert-OH is 1. The van der Waals surface area contributed by atoms with Crippen molar-refractivity contribution in [1.29, 1.82) is 0 Å². The number of aliphatic hydroxyl groups is 1. The Bertz CT molecular complexity index is 202. The zero-order valence-electron chi connectivity index (χ0n) is 8.79. The highest BCUT2D eigenvalue weighted by Gasteiger charge is 2.48. The average Bonchev–Trinajstić information content (AvgIpc) is 2.02. The second-order valence-corrected chi connectivity index (χ2v) is 5.21. The first kappa shape index (κ1) is 9.47. The Morgan fingerprint density at radius 3 is 2.62 bits per heavy atom. The highest BCUT2D eigenvalue weighted by molar-refractivity contribution is 4.98. The normalized spacial score (nSPS) is 52.2. The van der Waals surface area contributed by atoms with E-state index in [-0.39, 0.29) is 11.7 Å². The van der Waals surface area contributed by atoms with Gasteiger partial charge >= 0.3 is 0 Å². The van der Waals surface area contributed by atoms with E-state index in [0.29, 0.717) is 17.8 Å². The fourth-order valence-electron chi connectivity index (χ4n) is 3.22. The fourth-order valence-corrected chi connectivity index (χ4v) is 3.22. The van der Waals surface area contributed by atoms with Crippen molar-refractivity contribution in [2.75, 3.05) is 6.61 Å². The maximum Gasteiger partial charge on any atom is 0.0661 e. The average molecular weight is 184 g/mol. The maximum atomic E-state index is 9.68. The summed E-state index contributed by atoms with van der Waals surface area (Å²) in [5, 5.41) is 9.68. The van der Waals surface area contributed by atoms with E-state index < -0.39 is 0 Å². The molecule has 2 heteroatoms. The van der Waals surface area contributed by atoms with Gasteiger partial charge in [-0.25, -0.2) is 0 Å². The van der Waals surface area contributed by atoms with Gasteiger partial charge in [-0.15, -0.1) is 0 Å². The molecule has 2 nitrogen and oxygen atoms in total. The first-order valence-electron chi connectivity index (χ1n) is 5.34. The van der Waals surface area contributed by atoms with E-state index in [2.05, 4.69) is 13.8 Å². The van der Waals surface area contributed by atoms with Crippen LogP contribution in [-0.2, 0) is 4.74 Å². The third-order valence-electron chi connectivity index (χ3n) is 3.95. The summed E-state index contributed by atoms with van der Waals surface area (Å²) in [7, 11) is 0. The largest absolute Gasteiger partial charge is 0.393 e. The predicted octanol–water partition coefficient (Wildman–Crippen LogP) is 1.82. The van der Waals surface area contributed by atoms with Gasteiger partial charge in [0, 0.05) is 0 Å². The monoisotopic (exact) mass is 184 g/mol. The van der Waals surface area contributed by atoms with Gasteiger partial charge in [0.1, 0.15) is 0 Å². The summed E-state index contributed by atoms with van der Waals surface area (Å²) >= 11 is 0. The third-order valence-corrected chi connectivity index (χ3v) is 3.95. The van der Waals surface area contributed by atoms with Crippen LogP contribution < -0.4 is 0 Å². The van der Waals surface area contributed by atoms with E-state index in [1.165, 1.54) is 6.42 Å². The molecule has 0 amide bonds. The van der Waals surface area contributed by atoms with E-state index in [9.17, 15) is 5.11 Å². The molecule has 0 aromatic rings. The molecule has 5 atom stereocenters. The minimum Gasteiger partial charge on any atom is -0.393 e. The lowest BCUT2D eigenvalue weighted by Crippen LogP contribution is -2.54. The Morgan fingerprint density at radius 2 is 2.15 bits per heavy atom. The molecule has 1 aliphatic carbocycles. The van der Waals surface area contributed by atoms with Crippen molar-refractivity contribution in [2.45, 2.75) is 45.3 Å². The van der Waals surface area contributed by atoms with Crippen molar-refractivity contribution < 1.29 is 9.84 Å². The van der Waals surface area contributed by atoms with Crippen LogP contribution >= 0.6 is 0 Å². The number of hydrogen-bond acceptors (Lipinski definition) is 2. The first-order chi connectivity index (χ1) is 6.02. The predicted molar refractivity (Wildman–Crippen MR) is 51.4 cm³/mol. The van der Waals surface area contributed by atoms with Crippen molar-refractivity contribution in [3.05, 3.63) is 0 Å². The van der Waals surface area contributed by atoms with Crippen LogP contribution in [0.5, 0.6) is 0 Å². The summed E-state index contributed by atoms with van der Waals surface area (Å²) < 4.78 is 5.80. The van der Waals surface area contributed by atoms with Crippen molar-refractivity contribution in [2.24, 2.45) is 17.8 Å². The van der Waals surface area contributed by atoms with Crippen molar-refractivity contribution in [3.63, 3.8) is 0 Å². The lowest BCUT2D eigenvalue weighted by molar-refractivity contribution is -0.195. The standard InChI is InChI=1S/C11H20O2/c1-7-4-11(3)5-9(8(2)12)10(7)6-13-11/h7-10,12H,4-6H2,1-3H3/t7-,8?,9?,10+,11-/m0/s1. The van der Waals surface area contributed by atoms with Gasteiger partial charge in [-0.1, -0.05) is 6.92 Å². The SMILES string of the molecule is CC(O)C1C[C@]2(C)C[C@H](C)[C@H]1CO2. The molecule has 0 aromatic carbocycles. The van der Waals surface area contributed by atoms with Crippen LogP contribution in [0.25, 0.3) is 0 Å². The Balaban J connectivity index is 2.17. The molecule has 0 radical (unpaired) electrons. The van der Waals surface area contributed by atoms with Gasteiger partial charge in [-0.3, -0.25) is 0 Å². The highest BCUT2D eigenvalue weighted by Crippen LogP contribution is 2.48. The van der Waals surface area contributed by atoms with E-state index >= 15 is 0 Å². The zero-order chi connectivity index (χ0) is 9.64. The molecule has 13 heavy (non-hydrogen) atoms. The van der Waals surface area contributed by atoms with E-state index in [4.69, 9.17) is 4.74 Å². The van der Waals surface area contributed by atoms with Crippen LogP contribution in [0.15, 0.2) is 0 Å². The summed E-state index contributed by atoms with van der Waals surface area (Å²) in [6.07, 6.45) is 2.04. The van der Waals surface area contributed by atoms with Gasteiger partial charge in [0.05, 0.1) is 18.3 Å². The quantitative estimate of drug-likeness (QED) is 0.673. The molecule has 1 N–H and O–H groups in total. The molecule has 2 aliphatic heterocycles. The molecular formula is C11H20O2. The van der Waals surface area contributed by atoms with Gasteiger partial charge in [-0.05, 0) is 44.4 Å². The molecule has 2 bridgehead atoms. The molecular weight excluding hydrogens is 164 g/mol. The molecule has 76 valence electrons. The molecule has 2 unspecified atom stereocenters. The molecule has 2 heterocycles. The van der Waals surface area contributed by atoms with E-state index in [0.717, 1.165) is 13.0 Å². The molecule has 1 saturated carbocycles. The summed E-state index contributed by atoms with van der Waals surface area (Å²) in [5.41, 5.74) is 0.0514. The molecule has 2 saturated heterocycles. The number of rotatable bonds is 1. The molecule has 0 spiro atoms. The van der Waals surface area contributed by atoms with Gasteiger partial charge in [-0.2, -0.15) is 0 Å². The topological polar surface area (TPSA) is 29.5 Å². The minimum absolute atomic E-state index is 0.0514. The molecule has 3 rings (SSSR count). The van der Waals surface area contributed by atoms with Crippen molar-refractivity contribution in [1.82, 2.24) is 0 Å². The maximum absolute atomic E-state index is 9.68. The second-order valence-electron chi connectivity index (χ2n) is 5.21. The van der Waals surface area contributed by atoms with Crippen LogP contribution in [0.2, 0.25) is 0 Å². The lowest BCUT2D eigenvalue weighted by atomic mass is 9.63. The van der Waals surface area contributed by atoms with E-state index in [1.807, 2.05) is 6.92 Å². The Kier molecular flexibility index (Phi) is 2.16. The lowest BCUT2D eigenvalue weighted by Gasteiger charge is -2.53. The molecule has 3 fully saturated rings. The number of fused-ring (bicyclic) bond motifs is 3. The van der Waals surface area contributed by atoms with Crippen LogP contribution in [0.4, 0.5) is 0 Å². The van der Waals surface area contributed by atoms with Crippen molar-refractivity contribution in [3.8, 4) is 0 Å². The van der Waals surface area contributed by atoms with Crippen LogP contribution in [0.3, 0.4) is 0 Å². The Hall–Kier alpha value is -0.0800. The molecule has 3 aliphatic rings. The van der Waals surface area contributed by atoms with Gasteiger partial charge in [0.15, 0.2) is 0 Å². The van der Waals surface area contributed by atoms with Crippen LogP contribution in [0, 0.1) is 17.8 Å². The fraction of sp³-hybridized carbons (Fsp3) is 1.00. The van der Waals surface area contributed by atoms with Gasteiger partial charge in [0.2, 0.25) is 0 Å². The van der Waals surface area contributed by atoms with Crippen LogP contribution in [-0.4, -0.2) is 23.4 Å². The number of ether oxygens (including phenoxy) is 1. The highest BCUT2D eigenvalue weighted by atomic mass is 16.5. The Labute approximate surface area is 80.3 Å². The van der Waals surface area contributed by atoms with Crippen LogP contribution in [0.1, 0.15) is 33.6 Å². The van der Waals surface area contributed by atoms with Gasteiger partial charge in [0.25, 0.3) is 0 Å². The summed E-state index contributed by atoms with van der Waals surface area (Å²) in [6.45, 7) is 7.25. The minimum atomic E-state index is -0.170. The summed E-state index contributed by atoms with van der Waals surface area (Å²) in [4.78, 5) is 0. The van der Waals surface area contributed by atoms with Gasteiger partial charge < -0.3 is 9.84 Å². The smallest absolute Gasteiger partial charge is 0.0661 e. The first-order valence-corrected chi connectivity index (χ1v) is 5.34. The molecule has 0 aromatic heterocycles.